The molecule has 1 aromatic heterocycles. The second-order valence-electron chi connectivity index (χ2n) is 5.46. The fraction of sp³-hybridized carbons (Fsp3) is 0.800. The lowest BCUT2D eigenvalue weighted by atomic mass is 9.87. The van der Waals surface area contributed by atoms with Crippen molar-refractivity contribution in [3.63, 3.8) is 0 Å². The normalized spacial score (nSPS) is 14.4. The summed E-state index contributed by atoms with van der Waals surface area (Å²) in [5, 5.41) is 18.0. The SMILES string of the molecule is CC(C)(C)CC(CC(=O)O)n1nnnc1C(F)(F)F. The Labute approximate surface area is 107 Å². The van der Waals surface area contributed by atoms with Crippen LogP contribution in [0.4, 0.5) is 13.2 Å². The number of carboxylic acid groups (broad SMARTS) is 1. The van der Waals surface area contributed by atoms with Gasteiger partial charge in [-0.2, -0.15) is 13.2 Å². The first-order valence-electron chi connectivity index (χ1n) is 5.57. The molecule has 0 saturated carbocycles. The van der Waals surface area contributed by atoms with Gasteiger partial charge in [-0.1, -0.05) is 20.8 Å². The van der Waals surface area contributed by atoms with Crippen molar-refractivity contribution in [3.05, 3.63) is 5.82 Å². The Hall–Kier alpha value is -1.67. The average Bonchev–Trinajstić information content (AvgIpc) is 2.60. The summed E-state index contributed by atoms with van der Waals surface area (Å²) in [6, 6.07) is -0.941. The zero-order valence-electron chi connectivity index (χ0n) is 10.8. The number of rotatable bonds is 4. The maximum atomic E-state index is 12.7. The number of halogens is 3. The average molecular weight is 280 g/mol. The molecule has 6 nitrogen and oxygen atoms in total. The Balaban J connectivity index is 3.11. The molecule has 1 atom stereocenters. The highest BCUT2D eigenvalue weighted by atomic mass is 19.4. The molecule has 108 valence electrons. The summed E-state index contributed by atoms with van der Waals surface area (Å²) < 4.78 is 38.7. The Morgan fingerprint density at radius 3 is 2.37 bits per heavy atom. The Kier molecular flexibility index (Phi) is 4.16. The summed E-state index contributed by atoms with van der Waals surface area (Å²) >= 11 is 0. The van der Waals surface area contributed by atoms with Crippen molar-refractivity contribution in [2.75, 3.05) is 0 Å². The predicted octanol–water partition coefficient (Wildman–Crippen LogP) is 2.14. The molecule has 0 amide bonds. The number of aliphatic carboxylic acids is 1. The van der Waals surface area contributed by atoms with Gasteiger partial charge in [0.25, 0.3) is 5.82 Å². The zero-order valence-corrected chi connectivity index (χ0v) is 10.8. The smallest absolute Gasteiger partial charge is 0.453 e. The largest absolute Gasteiger partial charge is 0.481 e. The molecule has 0 aliphatic rings. The predicted molar refractivity (Wildman–Crippen MR) is 58.2 cm³/mol. The molecule has 0 aliphatic carbocycles. The number of alkyl halides is 3. The number of tetrazole rings is 1. The van der Waals surface area contributed by atoms with Crippen molar-refractivity contribution in [2.24, 2.45) is 5.41 Å². The van der Waals surface area contributed by atoms with Crippen LogP contribution >= 0.6 is 0 Å². The second-order valence-corrected chi connectivity index (χ2v) is 5.46. The van der Waals surface area contributed by atoms with Crippen molar-refractivity contribution in [2.45, 2.75) is 45.8 Å². The molecular weight excluding hydrogens is 265 g/mol. The third-order valence-corrected chi connectivity index (χ3v) is 2.35. The van der Waals surface area contributed by atoms with Crippen LogP contribution in [-0.2, 0) is 11.0 Å². The zero-order chi connectivity index (χ0) is 14.8. The first-order valence-corrected chi connectivity index (χ1v) is 5.57. The fourth-order valence-electron chi connectivity index (χ4n) is 1.78. The molecule has 0 spiro atoms. The monoisotopic (exact) mass is 280 g/mol. The van der Waals surface area contributed by atoms with E-state index in [1.165, 1.54) is 0 Å². The lowest BCUT2D eigenvalue weighted by Gasteiger charge is -2.25. The van der Waals surface area contributed by atoms with Gasteiger partial charge in [0.2, 0.25) is 0 Å². The number of carboxylic acids is 1. The summed E-state index contributed by atoms with van der Waals surface area (Å²) in [6.45, 7) is 5.42. The van der Waals surface area contributed by atoms with Crippen LogP contribution in [0.2, 0.25) is 0 Å². The van der Waals surface area contributed by atoms with Crippen molar-refractivity contribution in [1.82, 2.24) is 20.2 Å². The topological polar surface area (TPSA) is 80.9 Å². The van der Waals surface area contributed by atoms with Gasteiger partial charge in [-0.05, 0) is 22.3 Å². The van der Waals surface area contributed by atoms with E-state index in [4.69, 9.17) is 5.11 Å². The van der Waals surface area contributed by atoms with E-state index >= 15 is 0 Å². The van der Waals surface area contributed by atoms with Crippen LogP contribution in [0.25, 0.3) is 0 Å². The minimum atomic E-state index is -4.71. The molecule has 0 saturated heterocycles. The summed E-state index contributed by atoms with van der Waals surface area (Å²) in [7, 11) is 0. The summed E-state index contributed by atoms with van der Waals surface area (Å²) in [4.78, 5) is 10.8. The fourth-order valence-corrected chi connectivity index (χ4v) is 1.78. The van der Waals surface area contributed by atoms with Crippen LogP contribution in [0.15, 0.2) is 0 Å². The van der Waals surface area contributed by atoms with Gasteiger partial charge in [0.15, 0.2) is 0 Å². The Bertz CT molecular complexity index is 450. The van der Waals surface area contributed by atoms with Crippen molar-refractivity contribution in [1.29, 1.82) is 0 Å². The van der Waals surface area contributed by atoms with Gasteiger partial charge in [0, 0.05) is 0 Å². The molecule has 19 heavy (non-hydrogen) atoms. The summed E-state index contributed by atoms with van der Waals surface area (Å²) in [5.41, 5.74) is -0.352. The second kappa shape index (κ2) is 5.14. The molecule has 1 aromatic rings. The molecule has 0 radical (unpaired) electrons. The van der Waals surface area contributed by atoms with Gasteiger partial charge in [0.05, 0.1) is 12.5 Å². The van der Waals surface area contributed by atoms with E-state index in [-0.39, 0.29) is 11.8 Å². The highest BCUT2D eigenvalue weighted by Crippen LogP contribution is 2.34. The van der Waals surface area contributed by atoms with E-state index < -0.39 is 30.4 Å². The first-order chi connectivity index (χ1) is 8.50. The van der Waals surface area contributed by atoms with Gasteiger partial charge in [0.1, 0.15) is 0 Å². The van der Waals surface area contributed by atoms with E-state index in [0.717, 1.165) is 0 Å². The van der Waals surface area contributed by atoms with E-state index in [9.17, 15) is 18.0 Å². The molecule has 1 rings (SSSR count). The quantitative estimate of drug-likeness (QED) is 0.913. The summed E-state index contributed by atoms with van der Waals surface area (Å²) in [5.74, 6) is -2.47. The highest BCUT2D eigenvalue weighted by molar-refractivity contribution is 5.67. The van der Waals surface area contributed by atoms with E-state index in [1.54, 1.807) is 20.8 Å². The minimum absolute atomic E-state index is 0.216. The van der Waals surface area contributed by atoms with Crippen molar-refractivity contribution in [3.8, 4) is 0 Å². The summed E-state index contributed by atoms with van der Waals surface area (Å²) in [6.07, 6.45) is -4.96. The standard InChI is InChI=1S/C10H15F3N4O2/c1-9(2,3)5-6(4-7(18)19)17-8(10(11,12)13)14-15-16-17/h6H,4-5H2,1-3H3,(H,18,19). The van der Waals surface area contributed by atoms with Crippen LogP contribution < -0.4 is 0 Å². The molecule has 0 fully saturated rings. The van der Waals surface area contributed by atoms with Gasteiger partial charge >= 0.3 is 12.1 Å². The molecular formula is C10H15F3N4O2. The number of aromatic nitrogens is 4. The van der Waals surface area contributed by atoms with Crippen LogP contribution in [0, 0.1) is 5.41 Å². The van der Waals surface area contributed by atoms with Crippen LogP contribution in [0.1, 0.15) is 45.5 Å². The maximum Gasteiger partial charge on any atom is 0.453 e. The third kappa shape index (κ3) is 4.49. The lowest BCUT2D eigenvalue weighted by Crippen LogP contribution is -2.25. The number of hydrogen-bond acceptors (Lipinski definition) is 4. The molecule has 0 aromatic carbocycles. The van der Waals surface area contributed by atoms with Gasteiger partial charge in [-0.15, -0.1) is 5.10 Å². The molecule has 0 bridgehead atoms. The Morgan fingerprint density at radius 2 is 1.95 bits per heavy atom. The minimum Gasteiger partial charge on any atom is -0.481 e. The van der Waals surface area contributed by atoms with E-state index in [2.05, 4.69) is 15.5 Å². The van der Waals surface area contributed by atoms with Crippen LogP contribution in [0.5, 0.6) is 0 Å². The van der Waals surface area contributed by atoms with Crippen LogP contribution in [0.3, 0.4) is 0 Å². The van der Waals surface area contributed by atoms with Crippen molar-refractivity contribution < 1.29 is 23.1 Å². The maximum absolute atomic E-state index is 12.7. The van der Waals surface area contributed by atoms with Crippen LogP contribution in [-0.4, -0.2) is 31.3 Å². The van der Waals surface area contributed by atoms with Gasteiger partial charge in [-0.3, -0.25) is 4.79 Å². The molecule has 1 N–H and O–H groups in total. The number of nitrogens with zero attached hydrogens (tertiary/aromatic N) is 4. The third-order valence-electron chi connectivity index (χ3n) is 2.35. The number of carbonyl (C=O) groups is 1. The van der Waals surface area contributed by atoms with Gasteiger partial charge in [-0.25, -0.2) is 4.68 Å². The van der Waals surface area contributed by atoms with Crippen molar-refractivity contribution >= 4 is 5.97 Å². The first kappa shape index (κ1) is 15.4. The van der Waals surface area contributed by atoms with Gasteiger partial charge < -0.3 is 5.11 Å². The highest BCUT2D eigenvalue weighted by Gasteiger charge is 2.40. The number of hydrogen-bond donors (Lipinski definition) is 1. The van der Waals surface area contributed by atoms with E-state index in [1.807, 2.05) is 0 Å². The molecule has 9 heteroatoms. The Morgan fingerprint density at radius 1 is 1.37 bits per heavy atom. The molecule has 1 heterocycles. The molecule has 1 unspecified atom stereocenters. The lowest BCUT2D eigenvalue weighted by molar-refractivity contribution is -0.150. The molecule has 0 aliphatic heterocycles. The van der Waals surface area contributed by atoms with E-state index in [0.29, 0.717) is 4.68 Å².